The second-order valence-electron chi connectivity index (χ2n) is 6.72. The SMILES string of the molecule is CCCCCCCCCCC(CSC1CCCCC1)NN. The first-order chi connectivity index (χ1) is 10.4. The first kappa shape index (κ1) is 19.3. The van der Waals surface area contributed by atoms with Gasteiger partial charge in [-0.3, -0.25) is 11.3 Å². The average molecular weight is 315 g/mol. The van der Waals surface area contributed by atoms with Crippen LogP contribution in [0, 0.1) is 0 Å². The van der Waals surface area contributed by atoms with Crippen molar-refractivity contribution in [3.05, 3.63) is 0 Å². The summed E-state index contributed by atoms with van der Waals surface area (Å²) in [6, 6.07) is 0.525. The molecular weight excluding hydrogens is 276 g/mol. The van der Waals surface area contributed by atoms with Crippen LogP contribution >= 0.6 is 11.8 Å². The highest BCUT2D eigenvalue weighted by Gasteiger charge is 2.15. The van der Waals surface area contributed by atoms with Crippen molar-refractivity contribution >= 4 is 11.8 Å². The zero-order valence-electron chi connectivity index (χ0n) is 14.2. The lowest BCUT2D eigenvalue weighted by molar-refractivity contribution is 0.487. The molecule has 0 heterocycles. The van der Waals surface area contributed by atoms with E-state index < -0.39 is 0 Å². The molecule has 1 atom stereocenters. The highest BCUT2D eigenvalue weighted by atomic mass is 32.2. The lowest BCUT2D eigenvalue weighted by atomic mass is 10.0. The Morgan fingerprint density at radius 2 is 1.57 bits per heavy atom. The quantitative estimate of drug-likeness (QED) is 0.271. The first-order valence-electron chi connectivity index (χ1n) is 9.44. The molecule has 0 spiro atoms. The van der Waals surface area contributed by atoms with Crippen molar-refractivity contribution in [2.45, 2.75) is 108 Å². The summed E-state index contributed by atoms with van der Waals surface area (Å²) in [4.78, 5) is 0. The van der Waals surface area contributed by atoms with Gasteiger partial charge in [-0.25, -0.2) is 0 Å². The summed E-state index contributed by atoms with van der Waals surface area (Å²) < 4.78 is 0. The normalized spacial score (nSPS) is 18.0. The van der Waals surface area contributed by atoms with Crippen LogP contribution in [0.1, 0.15) is 96.8 Å². The fourth-order valence-electron chi connectivity index (χ4n) is 3.22. The standard InChI is InChI=1S/C18H38N2S/c1-2-3-4-5-6-7-8-10-13-17(20-19)16-21-18-14-11-9-12-15-18/h17-18,20H,2-16,19H2,1H3. The molecule has 0 radical (unpaired) electrons. The van der Waals surface area contributed by atoms with E-state index in [1.165, 1.54) is 95.6 Å². The maximum absolute atomic E-state index is 5.72. The van der Waals surface area contributed by atoms with Crippen LogP contribution in [-0.4, -0.2) is 17.0 Å². The van der Waals surface area contributed by atoms with E-state index in [1.54, 1.807) is 0 Å². The van der Waals surface area contributed by atoms with Crippen molar-refractivity contribution in [1.29, 1.82) is 0 Å². The van der Waals surface area contributed by atoms with E-state index in [9.17, 15) is 0 Å². The molecule has 1 fully saturated rings. The highest BCUT2D eigenvalue weighted by molar-refractivity contribution is 7.99. The summed E-state index contributed by atoms with van der Waals surface area (Å²) in [6.07, 6.45) is 19.7. The van der Waals surface area contributed by atoms with E-state index in [-0.39, 0.29) is 0 Å². The van der Waals surface area contributed by atoms with E-state index in [0.29, 0.717) is 6.04 Å². The number of nitrogens with two attached hydrogens (primary N) is 1. The van der Waals surface area contributed by atoms with Gasteiger partial charge in [0.05, 0.1) is 0 Å². The third kappa shape index (κ3) is 10.6. The van der Waals surface area contributed by atoms with Crippen molar-refractivity contribution in [2.24, 2.45) is 5.84 Å². The summed E-state index contributed by atoms with van der Waals surface area (Å²) in [5.74, 6) is 6.93. The van der Waals surface area contributed by atoms with Crippen molar-refractivity contribution in [3.8, 4) is 0 Å². The molecule has 21 heavy (non-hydrogen) atoms. The van der Waals surface area contributed by atoms with Crippen LogP contribution < -0.4 is 11.3 Å². The van der Waals surface area contributed by atoms with Gasteiger partial charge >= 0.3 is 0 Å². The molecule has 1 rings (SSSR count). The summed E-state index contributed by atoms with van der Waals surface area (Å²) in [6.45, 7) is 2.28. The van der Waals surface area contributed by atoms with Crippen molar-refractivity contribution < 1.29 is 0 Å². The minimum atomic E-state index is 0.525. The van der Waals surface area contributed by atoms with Gasteiger partial charge in [0.25, 0.3) is 0 Å². The molecule has 1 aliphatic rings. The van der Waals surface area contributed by atoms with Crippen molar-refractivity contribution in [3.63, 3.8) is 0 Å². The fraction of sp³-hybridized carbons (Fsp3) is 1.00. The second kappa shape index (κ2) is 13.9. The van der Waals surface area contributed by atoms with Gasteiger partial charge < -0.3 is 0 Å². The minimum Gasteiger partial charge on any atom is -0.271 e. The van der Waals surface area contributed by atoms with Gasteiger partial charge in [0.2, 0.25) is 0 Å². The van der Waals surface area contributed by atoms with Crippen molar-refractivity contribution in [2.75, 3.05) is 5.75 Å². The largest absolute Gasteiger partial charge is 0.271 e. The molecule has 0 aromatic rings. The molecule has 3 N–H and O–H groups in total. The van der Waals surface area contributed by atoms with E-state index >= 15 is 0 Å². The summed E-state index contributed by atoms with van der Waals surface area (Å²) >= 11 is 2.16. The molecule has 2 nitrogen and oxygen atoms in total. The summed E-state index contributed by atoms with van der Waals surface area (Å²) in [5.41, 5.74) is 3.04. The van der Waals surface area contributed by atoms with Gasteiger partial charge in [0.15, 0.2) is 0 Å². The van der Waals surface area contributed by atoms with Gasteiger partial charge in [0.1, 0.15) is 0 Å². The second-order valence-corrected chi connectivity index (χ2v) is 8.05. The first-order valence-corrected chi connectivity index (χ1v) is 10.5. The zero-order valence-corrected chi connectivity index (χ0v) is 15.1. The molecule has 1 aliphatic carbocycles. The van der Waals surface area contributed by atoms with Crippen LogP contribution in [0.2, 0.25) is 0 Å². The van der Waals surface area contributed by atoms with E-state index in [4.69, 9.17) is 5.84 Å². The highest BCUT2D eigenvalue weighted by Crippen LogP contribution is 2.29. The number of hydrazine groups is 1. The van der Waals surface area contributed by atoms with E-state index in [2.05, 4.69) is 24.1 Å². The summed E-state index contributed by atoms with van der Waals surface area (Å²) in [7, 11) is 0. The third-order valence-corrected chi connectivity index (χ3v) is 6.26. The van der Waals surface area contributed by atoms with Gasteiger partial charge in [0, 0.05) is 17.0 Å². The minimum absolute atomic E-state index is 0.525. The number of unbranched alkanes of at least 4 members (excludes halogenated alkanes) is 7. The maximum Gasteiger partial charge on any atom is 0.0301 e. The monoisotopic (exact) mass is 314 g/mol. The molecule has 3 heteroatoms. The topological polar surface area (TPSA) is 38.0 Å². The Hall–Kier alpha value is 0.270. The molecule has 0 aromatic carbocycles. The lowest BCUT2D eigenvalue weighted by Gasteiger charge is -2.23. The summed E-state index contributed by atoms with van der Waals surface area (Å²) in [5, 5.41) is 0.910. The van der Waals surface area contributed by atoms with Gasteiger partial charge in [-0.05, 0) is 19.3 Å². The number of nitrogens with one attached hydrogen (secondary N) is 1. The lowest BCUT2D eigenvalue weighted by Crippen LogP contribution is -2.37. The Kier molecular flexibility index (Phi) is 12.8. The molecule has 0 saturated heterocycles. The molecule has 126 valence electrons. The Balaban J connectivity index is 1.92. The number of hydrogen-bond donors (Lipinski definition) is 2. The Labute approximate surface area is 137 Å². The van der Waals surface area contributed by atoms with Gasteiger partial charge in [-0.2, -0.15) is 11.8 Å². The predicted molar refractivity (Wildman–Crippen MR) is 97.7 cm³/mol. The Morgan fingerprint density at radius 1 is 0.952 bits per heavy atom. The van der Waals surface area contributed by atoms with Gasteiger partial charge in [-0.1, -0.05) is 77.6 Å². The number of hydrogen-bond acceptors (Lipinski definition) is 3. The molecule has 0 aromatic heterocycles. The van der Waals surface area contributed by atoms with E-state index in [0.717, 1.165) is 5.25 Å². The zero-order chi connectivity index (χ0) is 15.2. The van der Waals surface area contributed by atoms with Crippen LogP contribution in [0.3, 0.4) is 0 Å². The van der Waals surface area contributed by atoms with Crippen LogP contribution in [0.5, 0.6) is 0 Å². The fourth-order valence-corrected chi connectivity index (χ4v) is 4.66. The Morgan fingerprint density at radius 3 is 2.19 bits per heavy atom. The van der Waals surface area contributed by atoms with Crippen LogP contribution in [-0.2, 0) is 0 Å². The molecule has 1 saturated carbocycles. The third-order valence-electron chi connectivity index (χ3n) is 4.73. The van der Waals surface area contributed by atoms with E-state index in [1.807, 2.05) is 0 Å². The average Bonchev–Trinajstić information content (AvgIpc) is 2.54. The van der Waals surface area contributed by atoms with Gasteiger partial charge in [-0.15, -0.1) is 0 Å². The molecule has 0 bridgehead atoms. The molecule has 1 unspecified atom stereocenters. The number of thioether (sulfide) groups is 1. The molecular formula is C18H38N2S. The van der Waals surface area contributed by atoms with Crippen LogP contribution in [0.4, 0.5) is 0 Å². The van der Waals surface area contributed by atoms with Crippen LogP contribution in [0.15, 0.2) is 0 Å². The Bertz CT molecular complexity index is 217. The smallest absolute Gasteiger partial charge is 0.0301 e. The maximum atomic E-state index is 5.72. The molecule has 0 amide bonds. The number of rotatable bonds is 13. The molecule has 0 aliphatic heterocycles. The predicted octanol–water partition coefficient (Wildman–Crippen LogP) is 5.42. The van der Waals surface area contributed by atoms with Crippen LogP contribution in [0.25, 0.3) is 0 Å². The van der Waals surface area contributed by atoms with Crippen molar-refractivity contribution in [1.82, 2.24) is 5.43 Å².